The van der Waals surface area contributed by atoms with Gasteiger partial charge in [-0.3, -0.25) is 4.79 Å². The Labute approximate surface area is 104 Å². The quantitative estimate of drug-likeness (QED) is 0.770. The van der Waals surface area contributed by atoms with Gasteiger partial charge in [0.15, 0.2) is 0 Å². The molecule has 2 aromatic heterocycles. The molecular formula is C12H13N5O. The lowest BCUT2D eigenvalue weighted by molar-refractivity contribution is 0.597. The third-order valence-electron chi connectivity index (χ3n) is 2.98. The SMILES string of the molecule is Cc1nn(Cc2cncn2C)c(=O)c(C#N)c1C. The molecule has 0 unspecified atom stereocenters. The van der Waals surface area contributed by atoms with E-state index in [2.05, 4.69) is 10.1 Å². The van der Waals surface area contributed by atoms with Crippen LogP contribution in [0.4, 0.5) is 0 Å². The number of hydrogen-bond donors (Lipinski definition) is 0. The van der Waals surface area contributed by atoms with E-state index in [0.29, 0.717) is 17.8 Å². The Hall–Kier alpha value is -2.42. The van der Waals surface area contributed by atoms with Crippen molar-refractivity contribution < 1.29 is 0 Å². The maximum absolute atomic E-state index is 12.1. The summed E-state index contributed by atoms with van der Waals surface area (Å²) in [6, 6.07) is 1.94. The lowest BCUT2D eigenvalue weighted by atomic mass is 10.1. The molecule has 0 fully saturated rings. The zero-order valence-corrected chi connectivity index (χ0v) is 10.5. The van der Waals surface area contributed by atoms with Crippen molar-refractivity contribution in [2.75, 3.05) is 0 Å². The van der Waals surface area contributed by atoms with Gasteiger partial charge >= 0.3 is 0 Å². The molecule has 0 bridgehead atoms. The molecule has 2 heterocycles. The minimum Gasteiger partial charge on any atom is -0.336 e. The van der Waals surface area contributed by atoms with Crippen LogP contribution in [0, 0.1) is 25.2 Å². The molecule has 0 aliphatic heterocycles. The number of hydrogen-bond acceptors (Lipinski definition) is 4. The summed E-state index contributed by atoms with van der Waals surface area (Å²) in [7, 11) is 1.85. The molecule has 6 nitrogen and oxygen atoms in total. The van der Waals surface area contributed by atoms with Crippen LogP contribution >= 0.6 is 0 Å². The summed E-state index contributed by atoms with van der Waals surface area (Å²) >= 11 is 0. The molecule has 18 heavy (non-hydrogen) atoms. The van der Waals surface area contributed by atoms with E-state index in [4.69, 9.17) is 5.26 Å². The lowest BCUT2D eigenvalue weighted by Gasteiger charge is -2.09. The van der Waals surface area contributed by atoms with Crippen molar-refractivity contribution in [1.29, 1.82) is 5.26 Å². The smallest absolute Gasteiger partial charge is 0.285 e. The fraction of sp³-hybridized carbons (Fsp3) is 0.333. The molecular weight excluding hydrogens is 230 g/mol. The summed E-state index contributed by atoms with van der Waals surface area (Å²) in [5.74, 6) is 0. The molecule has 0 saturated carbocycles. The maximum atomic E-state index is 12.1. The highest BCUT2D eigenvalue weighted by molar-refractivity contribution is 5.36. The van der Waals surface area contributed by atoms with Gasteiger partial charge in [-0.2, -0.15) is 10.4 Å². The average molecular weight is 243 g/mol. The summed E-state index contributed by atoms with van der Waals surface area (Å²) in [4.78, 5) is 16.0. The molecule has 2 rings (SSSR count). The first-order valence-electron chi connectivity index (χ1n) is 5.48. The molecule has 0 N–H and O–H groups in total. The van der Waals surface area contributed by atoms with E-state index in [0.717, 1.165) is 5.69 Å². The minimum absolute atomic E-state index is 0.157. The van der Waals surface area contributed by atoms with Gasteiger partial charge < -0.3 is 4.57 Å². The molecule has 0 spiro atoms. The normalized spacial score (nSPS) is 10.3. The van der Waals surface area contributed by atoms with Gasteiger partial charge in [0, 0.05) is 7.05 Å². The van der Waals surface area contributed by atoms with E-state index in [1.165, 1.54) is 4.68 Å². The standard InChI is InChI=1S/C12H13N5O/c1-8-9(2)15-17(12(18)11(8)4-13)6-10-5-14-7-16(10)3/h5,7H,6H2,1-3H3. The highest BCUT2D eigenvalue weighted by Crippen LogP contribution is 2.06. The van der Waals surface area contributed by atoms with Gasteiger partial charge in [-0.1, -0.05) is 0 Å². The molecule has 0 atom stereocenters. The fourth-order valence-electron chi connectivity index (χ4n) is 1.70. The minimum atomic E-state index is -0.359. The van der Waals surface area contributed by atoms with E-state index in [9.17, 15) is 4.79 Å². The number of rotatable bonds is 2. The Morgan fingerprint density at radius 2 is 2.17 bits per heavy atom. The van der Waals surface area contributed by atoms with Crippen molar-refractivity contribution in [2.24, 2.45) is 7.05 Å². The van der Waals surface area contributed by atoms with Gasteiger partial charge in [0.1, 0.15) is 11.6 Å². The van der Waals surface area contributed by atoms with Gasteiger partial charge in [0.25, 0.3) is 5.56 Å². The second-order valence-electron chi connectivity index (χ2n) is 4.16. The van der Waals surface area contributed by atoms with E-state index >= 15 is 0 Å². The summed E-state index contributed by atoms with van der Waals surface area (Å²) in [6.45, 7) is 3.83. The van der Waals surface area contributed by atoms with Crippen molar-refractivity contribution in [3.05, 3.63) is 45.4 Å². The maximum Gasteiger partial charge on any atom is 0.285 e. The molecule has 0 amide bonds. The largest absolute Gasteiger partial charge is 0.336 e. The van der Waals surface area contributed by atoms with Crippen LogP contribution in [0.25, 0.3) is 0 Å². The van der Waals surface area contributed by atoms with Crippen molar-refractivity contribution >= 4 is 0 Å². The Bertz CT molecular complexity index is 689. The number of aryl methyl sites for hydroxylation is 2. The van der Waals surface area contributed by atoms with Gasteiger partial charge in [0.05, 0.1) is 30.5 Å². The van der Waals surface area contributed by atoms with Crippen LogP contribution in [0.1, 0.15) is 22.5 Å². The first kappa shape index (κ1) is 12.0. The molecule has 0 radical (unpaired) electrons. The van der Waals surface area contributed by atoms with Crippen molar-refractivity contribution in [1.82, 2.24) is 19.3 Å². The molecule has 0 aliphatic carbocycles. The second-order valence-corrected chi connectivity index (χ2v) is 4.16. The van der Waals surface area contributed by atoms with Crippen LogP contribution in [-0.4, -0.2) is 19.3 Å². The van der Waals surface area contributed by atoms with E-state index in [1.807, 2.05) is 17.7 Å². The molecule has 0 saturated heterocycles. The molecule has 2 aromatic rings. The third kappa shape index (κ3) is 1.91. The average Bonchev–Trinajstić information content (AvgIpc) is 2.73. The molecule has 0 aliphatic rings. The van der Waals surface area contributed by atoms with Gasteiger partial charge in [-0.25, -0.2) is 9.67 Å². The van der Waals surface area contributed by atoms with Crippen LogP contribution in [-0.2, 0) is 13.6 Å². The Morgan fingerprint density at radius 1 is 1.44 bits per heavy atom. The monoisotopic (exact) mass is 243 g/mol. The number of imidazole rings is 1. The summed E-state index contributed by atoms with van der Waals surface area (Å²) < 4.78 is 3.12. The fourth-order valence-corrected chi connectivity index (χ4v) is 1.70. The Morgan fingerprint density at radius 3 is 2.72 bits per heavy atom. The first-order valence-corrected chi connectivity index (χ1v) is 5.48. The topological polar surface area (TPSA) is 76.5 Å². The number of nitriles is 1. The number of nitrogens with zero attached hydrogens (tertiary/aromatic N) is 5. The summed E-state index contributed by atoms with van der Waals surface area (Å²) in [5.41, 5.74) is 1.99. The van der Waals surface area contributed by atoms with Crippen LogP contribution in [0.15, 0.2) is 17.3 Å². The highest BCUT2D eigenvalue weighted by Gasteiger charge is 2.12. The molecule has 0 aromatic carbocycles. The van der Waals surface area contributed by atoms with E-state index in [-0.39, 0.29) is 11.1 Å². The van der Waals surface area contributed by atoms with Gasteiger partial charge in [0.2, 0.25) is 0 Å². The summed E-state index contributed by atoms with van der Waals surface area (Å²) in [5, 5.41) is 13.2. The predicted molar refractivity (Wildman–Crippen MR) is 65.0 cm³/mol. The zero-order chi connectivity index (χ0) is 13.3. The van der Waals surface area contributed by atoms with Gasteiger partial charge in [-0.05, 0) is 19.4 Å². The lowest BCUT2D eigenvalue weighted by Crippen LogP contribution is -2.28. The Balaban J connectivity index is 2.54. The van der Waals surface area contributed by atoms with Crippen LogP contribution in [0.3, 0.4) is 0 Å². The van der Waals surface area contributed by atoms with Crippen LogP contribution in [0.2, 0.25) is 0 Å². The summed E-state index contributed by atoms with van der Waals surface area (Å²) in [6.07, 6.45) is 3.34. The third-order valence-corrected chi connectivity index (χ3v) is 2.98. The van der Waals surface area contributed by atoms with Crippen molar-refractivity contribution in [3.63, 3.8) is 0 Å². The van der Waals surface area contributed by atoms with Crippen LogP contribution in [0.5, 0.6) is 0 Å². The number of aromatic nitrogens is 4. The Kier molecular flexibility index (Phi) is 2.98. The van der Waals surface area contributed by atoms with Crippen LogP contribution < -0.4 is 5.56 Å². The molecule has 6 heteroatoms. The highest BCUT2D eigenvalue weighted by atomic mass is 16.1. The molecule has 92 valence electrons. The van der Waals surface area contributed by atoms with E-state index in [1.54, 1.807) is 26.4 Å². The predicted octanol–water partition coefficient (Wildman–Crippen LogP) is 0.514. The second kappa shape index (κ2) is 4.45. The van der Waals surface area contributed by atoms with Crippen molar-refractivity contribution in [2.45, 2.75) is 20.4 Å². The van der Waals surface area contributed by atoms with Crippen molar-refractivity contribution in [3.8, 4) is 6.07 Å². The van der Waals surface area contributed by atoms with E-state index < -0.39 is 0 Å². The van der Waals surface area contributed by atoms with Gasteiger partial charge in [-0.15, -0.1) is 0 Å². The first-order chi connectivity index (χ1) is 8.54. The zero-order valence-electron chi connectivity index (χ0n) is 10.5.